The molecule has 0 spiro atoms. The molecule has 1 aliphatic carbocycles. The molecule has 100 valence electrons. The van der Waals surface area contributed by atoms with Crippen LogP contribution in [0.3, 0.4) is 0 Å². The number of hydrogen-bond acceptors (Lipinski definition) is 2. The van der Waals surface area contributed by atoms with Crippen molar-refractivity contribution in [2.24, 2.45) is 17.8 Å². The van der Waals surface area contributed by atoms with Crippen molar-refractivity contribution >= 4 is 5.91 Å². The summed E-state index contributed by atoms with van der Waals surface area (Å²) in [5.74, 6) is 2.21. The highest BCUT2D eigenvalue weighted by Gasteiger charge is 2.43. The van der Waals surface area contributed by atoms with Crippen molar-refractivity contribution in [1.29, 1.82) is 0 Å². The molecule has 0 aromatic carbocycles. The lowest BCUT2D eigenvalue weighted by atomic mass is 10.1. The zero-order valence-electron chi connectivity index (χ0n) is 11.7. The van der Waals surface area contributed by atoms with Crippen LogP contribution in [0.1, 0.15) is 47.0 Å². The van der Waals surface area contributed by atoms with Crippen LogP contribution in [0, 0.1) is 17.8 Å². The maximum absolute atomic E-state index is 11.4. The first-order chi connectivity index (χ1) is 8.02. The molecule has 0 aromatic rings. The number of carbonyl (C=O) groups is 1. The van der Waals surface area contributed by atoms with Crippen molar-refractivity contribution < 1.29 is 9.53 Å². The standard InChI is InChI=1S/C14H27NO2/c1-10(2)6-7-13(16)15-8-5-9-17-14-11(3)12(14)4/h10-12,14H,5-9H2,1-4H3,(H,15,16). The van der Waals surface area contributed by atoms with Gasteiger partial charge in [0.15, 0.2) is 0 Å². The minimum absolute atomic E-state index is 0.173. The molecule has 0 saturated heterocycles. The summed E-state index contributed by atoms with van der Waals surface area (Å²) >= 11 is 0. The Morgan fingerprint density at radius 3 is 2.47 bits per heavy atom. The molecule has 3 nitrogen and oxygen atoms in total. The molecular weight excluding hydrogens is 214 g/mol. The fraction of sp³-hybridized carbons (Fsp3) is 0.929. The lowest BCUT2D eigenvalue weighted by Gasteiger charge is -2.07. The van der Waals surface area contributed by atoms with E-state index in [4.69, 9.17) is 4.74 Å². The largest absolute Gasteiger partial charge is 0.378 e. The van der Waals surface area contributed by atoms with E-state index in [0.717, 1.165) is 37.8 Å². The van der Waals surface area contributed by atoms with Gasteiger partial charge >= 0.3 is 0 Å². The van der Waals surface area contributed by atoms with Crippen LogP contribution >= 0.6 is 0 Å². The summed E-state index contributed by atoms with van der Waals surface area (Å²) in [6.07, 6.45) is 3.00. The van der Waals surface area contributed by atoms with Crippen LogP contribution in [-0.2, 0) is 9.53 Å². The predicted octanol–water partition coefficient (Wildman–Crippen LogP) is 2.60. The van der Waals surface area contributed by atoms with Gasteiger partial charge in [-0.25, -0.2) is 0 Å². The molecule has 0 heterocycles. The van der Waals surface area contributed by atoms with E-state index < -0.39 is 0 Å². The van der Waals surface area contributed by atoms with Gasteiger partial charge in [0, 0.05) is 19.6 Å². The van der Waals surface area contributed by atoms with Crippen LogP contribution in [0.25, 0.3) is 0 Å². The molecule has 1 fully saturated rings. The lowest BCUT2D eigenvalue weighted by molar-refractivity contribution is -0.121. The van der Waals surface area contributed by atoms with E-state index in [1.54, 1.807) is 0 Å². The Kier molecular flexibility index (Phi) is 5.96. The predicted molar refractivity (Wildman–Crippen MR) is 69.8 cm³/mol. The van der Waals surface area contributed by atoms with Gasteiger partial charge in [-0.2, -0.15) is 0 Å². The van der Waals surface area contributed by atoms with E-state index in [1.807, 2.05) is 0 Å². The van der Waals surface area contributed by atoms with Crippen LogP contribution in [0.2, 0.25) is 0 Å². The van der Waals surface area contributed by atoms with Gasteiger partial charge in [-0.3, -0.25) is 4.79 Å². The summed E-state index contributed by atoms with van der Waals surface area (Å²) in [5.41, 5.74) is 0. The SMILES string of the molecule is CC(C)CCC(=O)NCCCOC1C(C)C1C. The summed E-state index contributed by atoms with van der Waals surface area (Å²) in [6, 6.07) is 0. The van der Waals surface area contributed by atoms with Gasteiger partial charge < -0.3 is 10.1 Å². The van der Waals surface area contributed by atoms with E-state index in [9.17, 15) is 4.79 Å². The average Bonchev–Trinajstić information content (AvgIpc) is 2.83. The first-order valence-corrected chi connectivity index (χ1v) is 6.90. The second-order valence-corrected chi connectivity index (χ2v) is 5.69. The van der Waals surface area contributed by atoms with Crippen LogP contribution < -0.4 is 5.32 Å². The minimum atomic E-state index is 0.173. The Morgan fingerprint density at radius 1 is 1.29 bits per heavy atom. The Balaban J connectivity index is 1.88. The van der Waals surface area contributed by atoms with Gasteiger partial charge in [0.1, 0.15) is 0 Å². The third-order valence-electron chi connectivity index (χ3n) is 3.63. The van der Waals surface area contributed by atoms with E-state index in [2.05, 4.69) is 33.0 Å². The number of amides is 1. The molecule has 0 aliphatic heterocycles. The van der Waals surface area contributed by atoms with Crippen molar-refractivity contribution in [3.8, 4) is 0 Å². The van der Waals surface area contributed by atoms with Gasteiger partial charge in [0.2, 0.25) is 5.91 Å². The summed E-state index contributed by atoms with van der Waals surface area (Å²) in [6.45, 7) is 10.2. The molecule has 17 heavy (non-hydrogen) atoms. The van der Waals surface area contributed by atoms with Gasteiger partial charge in [-0.1, -0.05) is 27.7 Å². The lowest BCUT2D eigenvalue weighted by Crippen LogP contribution is -2.25. The molecule has 1 rings (SSSR count). The van der Waals surface area contributed by atoms with Gasteiger partial charge in [0.05, 0.1) is 6.10 Å². The molecule has 0 radical (unpaired) electrons. The monoisotopic (exact) mass is 241 g/mol. The molecule has 2 unspecified atom stereocenters. The highest BCUT2D eigenvalue weighted by atomic mass is 16.5. The van der Waals surface area contributed by atoms with Gasteiger partial charge in [0.25, 0.3) is 0 Å². The third-order valence-corrected chi connectivity index (χ3v) is 3.63. The van der Waals surface area contributed by atoms with E-state index >= 15 is 0 Å². The molecule has 0 aromatic heterocycles. The van der Waals surface area contributed by atoms with Crippen LogP contribution in [0.4, 0.5) is 0 Å². The quantitative estimate of drug-likeness (QED) is 0.663. The molecule has 1 aliphatic rings. The number of nitrogens with one attached hydrogen (secondary N) is 1. The number of carbonyl (C=O) groups excluding carboxylic acids is 1. The van der Waals surface area contributed by atoms with Crippen LogP contribution in [-0.4, -0.2) is 25.2 Å². The Morgan fingerprint density at radius 2 is 1.94 bits per heavy atom. The van der Waals surface area contributed by atoms with Gasteiger partial charge in [-0.05, 0) is 30.6 Å². The minimum Gasteiger partial charge on any atom is -0.378 e. The van der Waals surface area contributed by atoms with Crippen molar-refractivity contribution in [1.82, 2.24) is 5.32 Å². The number of rotatable bonds is 8. The Bertz CT molecular complexity index is 232. The second kappa shape index (κ2) is 7.00. The second-order valence-electron chi connectivity index (χ2n) is 5.69. The topological polar surface area (TPSA) is 38.3 Å². The van der Waals surface area contributed by atoms with Crippen LogP contribution in [0.15, 0.2) is 0 Å². The fourth-order valence-corrected chi connectivity index (χ4v) is 1.95. The van der Waals surface area contributed by atoms with E-state index in [0.29, 0.717) is 18.4 Å². The van der Waals surface area contributed by atoms with E-state index in [-0.39, 0.29) is 5.91 Å². The normalized spacial score (nSPS) is 27.2. The molecule has 3 heteroatoms. The van der Waals surface area contributed by atoms with Crippen molar-refractivity contribution in [3.63, 3.8) is 0 Å². The summed E-state index contributed by atoms with van der Waals surface area (Å²) in [7, 11) is 0. The van der Waals surface area contributed by atoms with E-state index in [1.165, 1.54) is 0 Å². The Labute approximate surface area is 105 Å². The van der Waals surface area contributed by atoms with Crippen LogP contribution in [0.5, 0.6) is 0 Å². The highest BCUT2D eigenvalue weighted by molar-refractivity contribution is 5.75. The fourth-order valence-electron chi connectivity index (χ4n) is 1.95. The summed E-state index contributed by atoms with van der Waals surface area (Å²) in [5, 5.41) is 2.94. The van der Waals surface area contributed by atoms with Crippen molar-refractivity contribution in [3.05, 3.63) is 0 Å². The molecule has 1 amide bonds. The Hall–Kier alpha value is -0.570. The molecule has 0 bridgehead atoms. The maximum Gasteiger partial charge on any atom is 0.220 e. The number of ether oxygens (including phenoxy) is 1. The maximum atomic E-state index is 11.4. The smallest absolute Gasteiger partial charge is 0.220 e. The average molecular weight is 241 g/mol. The molecule has 2 atom stereocenters. The van der Waals surface area contributed by atoms with Crippen molar-refractivity contribution in [2.45, 2.75) is 53.1 Å². The number of hydrogen-bond donors (Lipinski definition) is 1. The molecule has 1 N–H and O–H groups in total. The third kappa shape index (κ3) is 5.53. The first kappa shape index (κ1) is 14.5. The molecule has 1 saturated carbocycles. The highest BCUT2D eigenvalue weighted by Crippen LogP contribution is 2.40. The van der Waals surface area contributed by atoms with Gasteiger partial charge in [-0.15, -0.1) is 0 Å². The zero-order valence-corrected chi connectivity index (χ0v) is 11.7. The molecular formula is C14H27NO2. The zero-order chi connectivity index (χ0) is 12.8. The summed E-state index contributed by atoms with van der Waals surface area (Å²) in [4.78, 5) is 11.4. The summed E-state index contributed by atoms with van der Waals surface area (Å²) < 4.78 is 5.71. The van der Waals surface area contributed by atoms with Crippen molar-refractivity contribution in [2.75, 3.05) is 13.2 Å². The first-order valence-electron chi connectivity index (χ1n) is 6.90.